The van der Waals surface area contributed by atoms with Crippen LogP contribution in [0.2, 0.25) is 0 Å². The van der Waals surface area contributed by atoms with Gasteiger partial charge >= 0.3 is 0 Å². The molecule has 190 valence electrons. The highest BCUT2D eigenvalue weighted by molar-refractivity contribution is 5.84. The normalized spacial score (nSPS) is 23.9. The molecule has 8 nitrogen and oxygen atoms in total. The molecule has 3 saturated heterocycles. The van der Waals surface area contributed by atoms with Gasteiger partial charge in [-0.15, -0.1) is 0 Å². The van der Waals surface area contributed by atoms with Gasteiger partial charge in [-0.3, -0.25) is 9.59 Å². The number of carbonyl (C=O) groups excluding carboxylic acids is 2. The second-order valence-electron chi connectivity index (χ2n) is 9.85. The van der Waals surface area contributed by atoms with E-state index in [-0.39, 0.29) is 42.8 Å². The highest BCUT2D eigenvalue weighted by Gasteiger charge is 2.33. The van der Waals surface area contributed by atoms with Gasteiger partial charge in [-0.1, -0.05) is 0 Å². The molecule has 3 fully saturated rings. The summed E-state index contributed by atoms with van der Waals surface area (Å²) < 4.78 is 43.5. The molecule has 2 aromatic rings. The maximum Gasteiger partial charge on any atom is 0.242 e. The number of alkyl halides is 1. The van der Waals surface area contributed by atoms with Crippen LogP contribution in [0.25, 0.3) is 11.0 Å². The van der Waals surface area contributed by atoms with Crippen LogP contribution >= 0.6 is 0 Å². The molecule has 2 amide bonds. The molecule has 1 aromatic carbocycles. The fraction of sp³-hybridized carbons (Fsp3) is 0.625. The number of hydrogen-bond acceptors (Lipinski definition) is 5. The van der Waals surface area contributed by atoms with Crippen LogP contribution in [-0.2, 0) is 16.1 Å². The van der Waals surface area contributed by atoms with Crippen LogP contribution in [0.3, 0.4) is 0 Å². The third kappa shape index (κ3) is 4.70. The van der Waals surface area contributed by atoms with Gasteiger partial charge in [-0.2, -0.15) is 0 Å². The van der Waals surface area contributed by atoms with Crippen LogP contribution in [0.1, 0.15) is 32.1 Å². The number of carbonyl (C=O) groups is 2. The maximum atomic E-state index is 14.1. The average molecular weight is 493 g/mol. The third-order valence-corrected chi connectivity index (χ3v) is 7.53. The highest BCUT2D eigenvalue weighted by atomic mass is 19.2. The number of benzene rings is 1. The Balaban J connectivity index is 1.34. The van der Waals surface area contributed by atoms with Gasteiger partial charge in [-0.05, 0) is 32.1 Å². The Labute approximate surface area is 201 Å². The van der Waals surface area contributed by atoms with Crippen LogP contribution in [-0.4, -0.2) is 82.6 Å². The number of piperidine rings is 2. The van der Waals surface area contributed by atoms with Gasteiger partial charge in [0, 0.05) is 57.3 Å². The number of fused-ring (bicyclic) bond motifs is 1. The predicted octanol–water partition coefficient (Wildman–Crippen LogP) is 2.05. The van der Waals surface area contributed by atoms with Crippen molar-refractivity contribution in [2.45, 2.75) is 50.9 Å². The number of nitrogens with zero attached hydrogens (tertiary/aromatic N) is 5. The van der Waals surface area contributed by atoms with E-state index in [9.17, 15) is 22.8 Å². The summed E-state index contributed by atoms with van der Waals surface area (Å²) >= 11 is 0. The van der Waals surface area contributed by atoms with E-state index in [0.717, 1.165) is 38.1 Å². The lowest BCUT2D eigenvalue weighted by Gasteiger charge is -2.35. The van der Waals surface area contributed by atoms with Gasteiger partial charge in [0.2, 0.25) is 17.8 Å². The van der Waals surface area contributed by atoms with E-state index in [4.69, 9.17) is 5.73 Å². The van der Waals surface area contributed by atoms with E-state index in [2.05, 4.69) is 4.98 Å². The molecule has 3 aliphatic rings. The number of aromatic nitrogens is 2. The summed E-state index contributed by atoms with van der Waals surface area (Å²) in [6.07, 6.45) is 2.38. The monoisotopic (exact) mass is 492 g/mol. The number of rotatable bonds is 4. The molecule has 0 bridgehead atoms. The van der Waals surface area contributed by atoms with Gasteiger partial charge in [0.05, 0.1) is 17.1 Å². The molecular weight excluding hydrogens is 461 g/mol. The van der Waals surface area contributed by atoms with Gasteiger partial charge in [0.15, 0.2) is 11.6 Å². The number of imidazole rings is 1. The summed E-state index contributed by atoms with van der Waals surface area (Å²) in [6, 6.07) is 1.33. The molecule has 11 heteroatoms. The van der Waals surface area contributed by atoms with Gasteiger partial charge in [0.25, 0.3) is 0 Å². The molecule has 0 saturated carbocycles. The number of amides is 2. The van der Waals surface area contributed by atoms with Crippen molar-refractivity contribution >= 4 is 28.8 Å². The largest absolute Gasteiger partial charge is 0.342 e. The van der Waals surface area contributed by atoms with E-state index in [0.29, 0.717) is 43.9 Å². The van der Waals surface area contributed by atoms with E-state index in [1.807, 2.05) is 4.90 Å². The molecule has 1 aromatic heterocycles. The average Bonchev–Trinajstić information content (AvgIpc) is 3.50. The first kappa shape index (κ1) is 23.9. The van der Waals surface area contributed by atoms with Crippen molar-refractivity contribution in [2.24, 2.45) is 11.7 Å². The van der Waals surface area contributed by atoms with Crippen molar-refractivity contribution in [1.29, 1.82) is 0 Å². The van der Waals surface area contributed by atoms with E-state index >= 15 is 0 Å². The minimum Gasteiger partial charge on any atom is -0.342 e. The highest BCUT2D eigenvalue weighted by Crippen LogP contribution is 2.28. The second kappa shape index (κ2) is 9.67. The third-order valence-electron chi connectivity index (χ3n) is 7.53. The first-order chi connectivity index (χ1) is 16.8. The lowest BCUT2D eigenvalue weighted by molar-refractivity contribution is -0.140. The smallest absolute Gasteiger partial charge is 0.242 e. The molecule has 3 aliphatic heterocycles. The second-order valence-corrected chi connectivity index (χ2v) is 9.85. The first-order valence-electron chi connectivity index (χ1n) is 12.4. The predicted molar refractivity (Wildman–Crippen MR) is 124 cm³/mol. The van der Waals surface area contributed by atoms with Crippen molar-refractivity contribution < 1.29 is 22.8 Å². The van der Waals surface area contributed by atoms with Crippen molar-refractivity contribution in [1.82, 2.24) is 19.4 Å². The fourth-order valence-corrected chi connectivity index (χ4v) is 5.45. The Bertz CT molecular complexity index is 1110. The van der Waals surface area contributed by atoms with Crippen LogP contribution < -0.4 is 10.6 Å². The number of likely N-dealkylation sites (tertiary alicyclic amines) is 2. The molecule has 0 unspecified atom stereocenters. The molecule has 5 rings (SSSR count). The molecule has 0 radical (unpaired) electrons. The molecular formula is C24H31F3N6O2. The van der Waals surface area contributed by atoms with E-state index < -0.39 is 23.8 Å². The Morgan fingerprint density at radius 2 is 1.66 bits per heavy atom. The number of anilines is 1. The summed E-state index contributed by atoms with van der Waals surface area (Å²) in [4.78, 5) is 35.8. The first-order valence-corrected chi connectivity index (χ1v) is 12.4. The molecule has 0 aliphatic carbocycles. The van der Waals surface area contributed by atoms with Crippen LogP contribution in [0.4, 0.5) is 19.1 Å². The van der Waals surface area contributed by atoms with Crippen molar-refractivity contribution in [3.8, 4) is 0 Å². The lowest BCUT2D eigenvalue weighted by atomic mass is 9.95. The SMILES string of the molecule is N[C@@H]1CN(c2nc3cc(F)c(F)cc3n2CC(=O)N2CCC(C(=O)N3CCCC3)CC2)CC[C@H]1F. The summed E-state index contributed by atoms with van der Waals surface area (Å²) in [5.41, 5.74) is 6.43. The molecule has 2 atom stereocenters. The Morgan fingerprint density at radius 1 is 0.971 bits per heavy atom. The minimum atomic E-state index is -1.13. The lowest BCUT2D eigenvalue weighted by Crippen LogP contribution is -2.50. The van der Waals surface area contributed by atoms with Crippen molar-refractivity contribution in [2.75, 3.05) is 44.2 Å². The minimum absolute atomic E-state index is 0.0673. The molecule has 2 N–H and O–H groups in total. The van der Waals surface area contributed by atoms with Crippen molar-refractivity contribution in [3.05, 3.63) is 23.8 Å². The molecule has 4 heterocycles. The number of hydrogen-bond donors (Lipinski definition) is 1. The zero-order chi connectivity index (χ0) is 24.7. The van der Waals surface area contributed by atoms with E-state index in [1.54, 1.807) is 14.4 Å². The van der Waals surface area contributed by atoms with Crippen LogP contribution in [0.5, 0.6) is 0 Å². The summed E-state index contributed by atoms with van der Waals surface area (Å²) in [6.45, 7) is 2.96. The van der Waals surface area contributed by atoms with Gasteiger partial charge in [-0.25, -0.2) is 18.2 Å². The molecule has 0 spiro atoms. The maximum absolute atomic E-state index is 14.1. The van der Waals surface area contributed by atoms with Gasteiger partial charge in [0.1, 0.15) is 12.7 Å². The fourth-order valence-electron chi connectivity index (χ4n) is 5.45. The summed E-state index contributed by atoms with van der Waals surface area (Å²) in [5.74, 6) is -1.78. The zero-order valence-electron chi connectivity index (χ0n) is 19.6. The summed E-state index contributed by atoms with van der Waals surface area (Å²) in [5, 5.41) is 0. The Hall–Kier alpha value is -2.82. The standard InChI is InChI=1S/C24H31F3N6O2/c25-16-5-10-32(13-19(16)28)24-29-20-11-17(26)18(27)12-21(20)33(24)14-22(34)30-8-3-15(4-9-30)23(35)31-6-1-2-7-31/h11-12,15-16,19H,1-10,13-14,28H2/t16-,19-/m1/s1. The van der Waals surface area contributed by atoms with E-state index in [1.165, 1.54) is 0 Å². The Kier molecular flexibility index (Phi) is 6.61. The Morgan fingerprint density at radius 3 is 2.34 bits per heavy atom. The molecule has 35 heavy (non-hydrogen) atoms. The van der Waals surface area contributed by atoms with Gasteiger partial charge < -0.3 is 25.0 Å². The zero-order valence-corrected chi connectivity index (χ0v) is 19.6. The quantitative estimate of drug-likeness (QED) is 0.706. The van der Waals surface area contributed by atoms with Crippen molar-refractivity contribution in [3.63, 3.8) is 0 Å². The van der Waals surface area contributed by atoms with Crippen LogP contribution in [0.15, 0.2) is 12.1 Å². The topological polar surface area (TPSA) is 87.7 Å². The van der Waals surface area contributed by atoms with Crippen LogP contribution in [0, 0.1) is 17.6 Å². The number of halogens is 3. The summed E-state index contributed by atoms with van der Waals surface area (Å²) in [7, 11) is 0. The number of nitrogens with two attached hydrogens (primary N) is 1.